The highest BCUT2D eigenvalue weighted by molar-refractivity contribution is 5.85. The van der Waals surface area contributed by atoms with Crippen LogP contribution in [0, 0.1) is 5.41 Å². The van der Waals surface area contributed by atoms with Gasteiger partial charge in [-0.15, -0.1) is 0 Å². The van der Waals surface area contributed by atoms with Gasteiger partial charge in [-0.3, -0.25) is 9.69 Å². The summed E-state index contributed by atoms with van der Waals surface area (Å²) in [5.41, 5.74) is -0.212. The van der Waals surface area contributed by atoms with E-state index in [9.17, 15) is 4.79 Å². The number of ketones is 1. The van der Waals surface area contributed by atoms with Gasteiger partial charge in [-0.05, 0) is 19.8 Å². The second-order valence-electron chi connectivity index (χ2n) is 5.60. The van der Waals surface area contributed by atoms with Crippen LogP contribution in [-0.4, -0.2) is 43.0 Å². The van der Waals surface area contributed by atoms with Crippen molar-refractivity contribution in [2.24, 2.45) is 5.41 Å². The monoisotopic (exact) mass is 227 g/mol. The normalized spacial score (nSPS) is 20.0. The lowest BCUT2D eigenvalue weighted by Gasteiger charge is -2.32. The Kier molecular flexibility index (Phi) is 4.93. The molecule has 0 bridgehead atoms. The van der Waals surface area contributed by atoms with Crippen molar-refractivity contribution in [2.75, 3.05) is 26.2 Å². The Labute approximate surface area is 99.1 Å². The number of carbonyl (C=O) groups is 1. The third-order valence-electron chi connectivity index (χ3n) is 3.14. The third kappa shape index (κ3) is 4.22. The van der Waals surface area contributed by atoms with Crippen LogP contribution in [0.1, 0.15) is 40.5 Å². The quantitative estimate of drug-likeness (QED) is 0.736. The van der Waals surface area contributed by atoms with Crippen LogP contribution in [0.5, 0.6) is 0 Å². The smallest absolute Gasteiger partial charge is 0.152 e. The lowest BCUT2D eigenvalue weighted by Crippen LogP contribution is -2.42. The Morgan fingerprint density at radius 2 is 1.88 bits per heavy atom. The standard InChI is InChI=1S/C13H25NO2/c1-5-16-11-6-8-14(9-7-11)10-12(15)13(2,3)4/h11H,5-10H2,1-4H3. The number of hydrogen-bond donors (Lipinski definition) is 0. The molecule has 0 aromatic carbocycles. The first-order valence-electron chi connectivity index (χ1n) is 6.30. The molecule has 0 aliphatic carbocycles. The van der Waals surface area contributed by atoms with Crippen LogP contribution in [0.25, 0.3) is 0 Å². The Bertz CT molecular complexity index is 225. The molecule has 0 radical (unpaired) electrons. The van der Waals surface area contributed by atoms with E-state index in [0.29, 0.717) is 18.4 Å². The van der Waals surface area contributed by atoms with Gasteiger partial charge in [-0.25, -0.2) is 0 Å². The highest BCUT2D eigenvalue weighted by Gasteiger charge is 2.26. The van der Waals surface area contributed by atoms with E-state index < -0.39 is 0 Å². The molecule has 0 atom stereocenters. The molecule has 94 valence electrons. The lowest BCUT2D eigenvalue weighted by molar-refractivity contribution is -0.128. The lowest BCUT2D eigenvalue weighted by atomic mass is 9.90. The summed E-state index contributed by atoms with van der Waals surface area (Å²) in [6.45, 7) is 11.4. The number of ether oxygens (including phenoxy) is 1. The van der Waals surface area contributed by atoms with Gasteiger partial charge < -0.3 is 4.74 Å². The zero-order valence-electron chi connectivity index (χ0n) is 11.1. The first-order valence-corrected chi connectivity index (χ1v) is 6.30. The fourth-order valence-corrected chi connectivity index (χ4v) is 1.91. The summed E-state index contributed by atoms with van der Waals surface area (Å²) in [5, 5.41) is 0. The summed E-state index contributed by atoms with van der Waals surface area (Å²) in [6.07, 6.45) is 2.53. The number of carbonyl (C=O) groups excluding carboxylic acids is 1. The van der Waals surface area contributed by atoms with Gasteiger partial charge in [0.05, 0.1) is 12.6 Å². The number of nitrogens with zero attached hydrogens (tertiary/aromatic N) is 1. The summed E-state index contributed by atoms with van der Waals surface area (Å²) in [5.74, 6) is 0.336. The maximum atomic E-state index is 11.9. The van der Waals surface area contributed by atoms with Gasteiger partial charge in [-0.1, -0.05) is 20.8 Å². The second-order valence-corrected chi connectivity index (χ2v) is 5.60. The predicted molar refractivity (Wildman–Crippen MR) is 65.6 cm³/mol. The Morgan fingerprint density at radius 1 is 1.31 bits per heavy atom. The number of hydrogen-bond acceptors (Lipinski definition) is 3. The fourth-order valence-electron chi connectivity index (χ4n) is 1.91. The number of Topliss-reactive ketones (excluding diaryl/α,β-unsaturated/α-hetero) is 1. The molecule has 16 heavy (non-hydrogen) atoms. The molecule has 0 spiro atoms. The number of piperidine rings is 1. The fraction of sp³-hybridized carbons (Fsp3) is 0.923. The van der Waals surface area contributed by atoms with E-state index >= 15 is 0 Å². The van der Waals surface area contributed by atoms with Crippen LogP contribution in [0.3, 0.4) is 0 Å². The number of rotatable bonds is 4. The Hall–Kier alpha value is -0.410. The first kappa shape index (κ1) is 13.7. The maximum Gasteiger partial charge on any atom is 0.152 e. The molecule has 3 heteroatoms. The van der Waals surface area contributed by atoms with Crippen LogP contribution in [0.2, 0.25) is 0 Å². The molecule has 0 N–H and O–H groups in total. The highest BCUT2D eigenvalue weighted by Crippen LogP contribution is 2.18. The molecule has 0 amide bonds. The molecule has 1 aliphatic heterocycles. The average Bonchev–Trinajstić information content (AvgIpc) is 2.20. The molecule has 0 aromatic heterocycles. The van der Waals surface area contributed by atoms with Crippen LogP contribution in [0.4, 0.5) is 0 Å². The van der Waals surface area contributed by atoms with Crippen molar-refractivity contribution in [3.63, 3.8) is 0 Å². The van der Waals surface area contributed by atoms with E-state index in [1.165, 1.54) is 0 Å². The second kappa shape index (κ2) is 5.78. The van der Waals surface area contributed by atoms with Crippen molar-refractivity contribution in [3.05, 3.63) is 0 Å². The molecule has 0 unspecified atom stereocenters. The van der Waals surface area contributed by atoms with Gasteiger partial charge in [0, 0.05) is 25.1 Å². The van der Waals surface area contributed by atoms with E-state index in [4.69, 9.17) is 4.74 Å². The van der Waals surface area contributed by atoms with Crippen molar-refractivity contribution in [2.45, 2.75) is 46.6 Å². The molecule has 1 aliphatic rings. The highest BCUT2D eigenvalue weighted by atomic mass is 16.5. The minimum atomic E-state index is -0.212. The van der Waals surface area contributed by atoms with Gasteiger partial charge >= 0.3 is 0 Å². The zero-order chi connectivity index (χ0) is 12.2. The molecule has 3 nitrogen and oxygen atoms in total. The zero-order valence-corrected chi connectivity index (χ0v) is 11.1. The van der Waals surface area contributed by atoms with E-state index in [-0.39, 0.29) is 5.41 Å². The summed E-state index contributed by atoms with van der Waals surface area (Å²) in [7, 11) is 0. The molecule has 1 fully saturated rings. The van der Waals surface area contributed by atoms with E-state index in [2.05, 4.69) is 4.90 Å². The van der Waals surface area contributed by atoms with E-state index in [1.807, 2.05) is 27.7 Å². The Morgan fingerprint density at radius 3 is 2.31 bits per heavy atom. The van der Waals surface area contributed by atoms with Crippen LogP contribution < -0.4 is 0 Å². The number of likely N-dealkylation sites (tertiary alicyclic amines) is 1. The molecule has 0 aromatic rings. The van der Waals surface area contributed by atoms with E-state index in [0.717, 1.165) is 32.5 Å². The molecular weight excluding hydrogens is 202 g/mol. The summed E-state index contributed by atoms with van der Waals surface area (Å²) in [4.78, 5) is 14.1. The van der Waals surface area contributed by atoms with Crippen molar-refractivity contribution in [3.8, 4) is 0 Å². The molecule has 1 saturated heterocycles. The van der Waals surface area contributed by atoms with Crippen LogP contribution in [-0.2, 0) is 9.53 Å². The van der Waals surface area contributed by atoms with Crippen LogP contribution >= 0.6 is 0 Å². The molecule has 1 heterocycles. The van der Waals surface area contributed by atoms with E-state index in [1.54, 1.807) is 0 Å². The summed E-state index contributed by atoms with van der Waals surface area (Å²) in [6, 6.07) is 0. The van der Waals surface area contributed by atoms with Crippen molar-refractivity contribution in [1.82, 2.24) is 4.90 Å². The maximum absolute atomic E-state index is 11.9. The average molecular weight is 227 g/mol. The summed E-state index contributed by atoms with van der Waals surface area (Å²) < 4.78 is 5.59. The third-order valence-corrected chi connectivity index (χ3v) is 3.14. The van der Waals surface area contributed by atoms with Crippen molar-refractivity contribution < 1.29 is 9.53 Å². The van der Waals surface area contributed by atoms with Crippen LogP contribution in [0.15, 0.2) is 0 Å². The molecule has 0 saturated carbocycles. The molecular formula is C13H25NO2. The van der Waals surface area contributed by atoms with Crippen molar-refractivity contribution >= 4 is 5.78 Å². The van der Waals surface area contributed by atoms with Gasteiger partial charge in [0.15, 0.2) is 5.78 Å². The van der Waals surface area contributed by atoms with Crippen molar-refractivity contribution in [1.29, 1.82) is 0 Å². The Balaban J connectivity index is 2.30. The molecule has 1 rings (SSSR count). The van der Waals surface area contributed by atoms with Gasteiger partial charge in [-0.2, -0.15) is 0 Å². The minimum absolute atomic E-state index is 0.212. The summed E-state index contributed by atoms with van der Waals surface area (Å²) >= 11 is 0. The minimum Gasteiger partial charge on any atom is -0.378 e. The van der Waals surface area contributed by atoms with Gasteiger partial charge in [0.2, 0.25) is 0 Å². The largest absolute Gasteiger partial charge is 0.378 e. The topological polar surface area (TPSA) is 29.5 Å². The predicted octanol–water partition coefficient (Wildman–Crippen LogP) is 2.10. The first-order chi connectivity index (χ1) is 7.43. The van der Waals surface area contributed by atoms with Gasteiger partial charge in [0.1, 0.15) is 0 Å². The SMILES string of the molecule is CCOC1CCN(CC(=O)C(C)(C)C)CC1. The van der Waals surface area contributed by atoms with Gasteiger partial charge in [0.25, 0.3) is 0 Å².